The Hall–Kier alpha value is -1.48. The van der Waals surface area contributed by atoms with E-state index in [9.17, 15) is 13.2 Å². The fourth-order valence-electron chi connectivity index (χ4n) is 4.67. The monoisotopic (exact) mass is 407 g/mol. The van der Waals surface area contributed by atoms with Crippen LogP contribution in [0.15, 0.2) is 23.1 Å². The Bertz CT molecular complexity index is 827. The molecule has 4 saturated heterocycles. The lowest BCUT2D eigenvalue weighted by Gasteiger charge is -2.50. The van der Waals surface area contributed by atoms with E-state index in [1.54, 1.807) is 22.5 Å². The highest BCUT2D eigenvalue weighted by molar-refractivity contribution is 7.89. The number of hydrogen-bond acceptors (Lipinski definition) is 4. The average molecular weight is 408 g/mol. The minimum Gasteiger partial charge on any atom is -0.321 e. The molecule has 0 spiro atoms. The molecular weight excluding hydrogens is 376 g/mol. The molecule has 8 heteroatoms. The lowest BCUT2D eigenvalue weighted by molar-refractivity contribution is -0.933. The van der Waals surface area contributed by atoms with Crippen LogP contribution in [0.3, 0.4) is 0 Å². The van der Waals surface area contributed by atoms with Crippen molar-refractivity contribution in [3.05, 3.63) is 23.8 Å². The molecule has 0 radical (unpaired) electrons. The SMILES string of the molecule is Cc1ccc(NC(=O)C[N+]23CCN(CC2)CC3)cc1S(=O)(=O)N1CCCCC1. The van der Waals surface area contributed by atoms with Crippen LogP contribution in [-0.4, -0.2) is 86.9 Å². The van der Waals surface area contributed by atoms with Gasteiger partial charge in [-0.25, -0.2) is 8.42 Å². The van der Waals surface area contributed by atoms with Gasteiger partial charge in [0, 0.05) is 38.4 Å². The molecule has 0 atom stereocenters. The molecule has 4 fully saturated rings. The average Bonchev–Trinajstić information content (AvgIpc) is 2.71. The van der Waals surface area contributed by atoms with Crippen LogP contribution in [0.1, 0.15) is 24.8 Å². The summed E-state index contributed by atoms with van der Waals surface area (Å²) in [7, 11) is -3.52. The van der Waals surface area contributed by atoms with Crippen LogP contribution in [-0.2, 0) is 14.8 Å². The number of aryl methyl sites for hydroxylation is 1. The van der Waals surface area contributed by atoms with Crippen molar-refractivity contribution in [2.75, 3.05) is 64.2 Å². The van der Waals surface area contributed by atoms with Gasteiger partial charge >= 0.3 is 0 Å². The number of hydrogen-bond donors (Lipinski definition) is 1. The minimum absolute atomic E-state index is 0.0273. The maximum atomic E-state index is 13.1. The van der Waals surface area contributed by atoms with Gasteiger partial charge in [0.05, 0.1) is 24.5 Å². The molecule has 4 heterocycles. The Balaban J connectivity index is 1.48. The van der Waals surface area contributed by atoms with Gasteiger partial charge in [-0.2, -0.15) is 4.31 Å². The predicted molar refractivity (Wildman–Crippen MR) is 109 cm³/mol. The number of piperazine rings is 3. The number of quaternary nitrogens is 1. The molecule has 2 bridgehead atoms. The Kier molecular flexibility index (Phi) is 5.48. The van der Waals surface area contributed by atoms with Gasteiger partial charge in [0.2, 0.25) is 10.0 Å². The molecule has 0 aliphatic carbocycles. The number of benzene rings is 1. The van der Waals surface area contributed by atoms with E-state index in [0.29, 0.717) is 30.2 Å². The van der Waals surface area contributed by atoms with Gasteiger partial charge in [0.1, 0.15) is 0 Å². The number of rotatable bonds is 5. The standard InChI is InChI=1S/C20H30N4O3S/c1-17-5-6-18(15-19(17)28(26,27)23-7-3-2-4-8-23)21-20(25)16-24-12-9-22(10-13-24)11-14-24/h5-6,15H,2-4,7-14,16H2,1H3/p+1. The van der Waals surface area contributed by atoms with E-state index >= 15 is 0 Å². The molecule has 1 aromatic rings. The van der Waals surface area contributed by atoms with Crippen LogP contribution < -0.4 is 5.32 Å². The zero-order valence-corrected chi connectivity index (χ0v) is 17.5. The molecule has 0 unspecified atom stereocenters. The quantitative estimate of drug-likeness (QED) is 0.746. The van der Waals surface area contributed by atoms with Crippen molar-refractivity contribution >= 4 is 21.6 Å². The molecule has 4 aliphatic heterocycles. The first-order valence-corrected chi connectivity index (χ1v) is 11.8. The Morgan fingerprint density at radius 1 is 1.04 bits per heavy atom. The van der Waals surface area contributed by atoms with E-state index in [4.69, 9.17) is 0 Å². The molecule has 7 nitrogen and oxygen atoms in total. The third-order valence-electron chi connectivity index (χ3n) is 6.56. The lowest BCUT2D eigenvalue weighted by Crippen LogP contribution is -2.68. The second-order valence-corrected chi connectivity index (χ2v) is 10.4. The highest BCUT2D eigenvalue weighted by atomic mass is 32.2. The molecule has 28 heavy (non-hydrogen) atoms. The fourth-order valence-corrected chi connectivity index (χ4v) is 6.44. The number of fused-ring (bicyclic) bond motifs is 3. The summed E-state index contributed by atoms with van der Waals surface area (Å²) < 4.78 is 28.6. The van der Waals surface area contributed by atoms with E-state index in [1.807, 2.05) is 6.92 Å². The summed E-state index contributed by atoms with van der Waals surface area (Å²) in [5.74, 6) is -0.0273. The molecule has 154 valence electrons. The number of piperidine rings is 1. The summed E-state index contributed by atoms with van der Waals surface area (Å²) in [6.45, 7) is 9.71. The third kappa shape index (κ3) is 3.96. The second-order valence-electron chi connectivity index (χ2n) is 8.51. The van der Waals surface area contributed by atoms with E-state index in [-0.39, 0.29) is 5.91 Å². The van der Waals surface area contributed by atoms with Crippen LogP contribution >= 0.6 is 0 Å². The van der Waals surface area contributed by atoms with Crippen LogP contribution in [0.4, 0.5) is 5.69 Å². The van der Waals surface area contributed by atoms with Gasteiger partial charge in [-0.15, -0.1) is 0 Å². The first-order chi connectivity index (χ1) is 13.4. The number of carbonyl (C=O) groups is 1. The molecule has 1 amide bonds. The van der Waals surface area contributed by atoms with Crippen molar-refractivity contribution in [1.29, 1.82) is 0 Å². The van der Waals surface area contributed by atoms with Crippen molar-refractivity contribution in [2.45, 2.75) is 31.1 Å². The number of carbonyl (C=O) groups excluding carboxylic acids is 1. The molecule has 1 aromatic carbocycles. The zero-order valence-electron chi connectivity index (χ0n) is 16.7. The second kappa shape index (κ2) is 7.74. The minimum atomic E-state index is -3.52. The predicted octanol–water partition coefficient (Wildman–Crippen LogP) is 1.25. The molecule has 4 aliphatic rings. The maximum Gasteiger partial charge on any atom is 0.279 e. The Labute approximate surface area is 167 Å². The van der Waals surface area contributed by atoms with Gasteiger partial charge < -0.3 is 9.80 Å². The van der Waals surface area contributed by atoms with Gasteiger partial charge in [0.25, 0.3) is 5.91 Å². The maximum absolute atomic E-state index is 13.1. The summed E-state index contributed by atoms with van der Waals surface area (Å²) in [5, 5.41) is 2.96. The highest BCUT2D eigenvalue weighted by Gasteiger charge is 2.39. The van der Waals surface area contributed by atoms with Crippen molar-refractivity contribution in [1.82, 2.24) is 9.21 Å². The molecule has 0 aromatic heterocycles. The Morgan fingerprint density at radius 2 is 1.68 bits per heavy atom. The van der Waals surface area contributed by atoms with Crippen LogP contribution in [0.5, 0.6) is 0 Å². The van der Waals surface area contributed by atoms with Gasteiger partial charge in [-0.1, -0.05) is 12.5 Å². The summed E-state index contributed by atoms with van der Waals surface area (Å²) >= 11 is 0. The third-order valence-corrected chi connectivity index (χ3v) is 8.60. The first kappa shape index (κ1) is 19.8. The topological polar surface area (TPSA) is 69.7 Å². The van der Waals surface area contributed by atoms with Gasteiger partial charge in [-0.05, 0) is 37.5 Å². The number of nitrogens with zero attached hydrogens (tertiary/aromatic N) is 3. The largest absolute Gasteiger partial charge is 0.321 e. The summed E-state index contributed by atoms with van der Waals surface area (Å²) in [4.78, 5) is 15.5. The normalized spacial score (nSPS) is 28.2. The highest BCUT2D eigenvalue weighted by Crippen LogP contribution is 2.26. The number of amides is 1. The van der Waals surface area contributed by atoms with E-state index < -0.39 is 10.0 Å². The lowest BCUT2D eigenvalue weighted by atomic mass is 10.1. The molecule has 0 saturated carbocycles. The van der Waals surface area contributed by atoms with E-state index in [2.05, 4.69) is 10.2 Å². The molecule has 5 rings (SSSR count). The number of sulfonamides is 1. The molecule has 1 N–H and O–H groups in total. The van der Waals surface area contributed by atoms with Crippen molar-refractivity contribution in [3.63, 3.8) is 0 Å². The van der Waals surface area contributed by atoms with E-state index in [1.165, 1.54) is 0 Å². The van der Waals surface area contributed by atoms with Gasteiger partial charge in [-0.3, -0.25) is 9.69 Å². The zero-order chi connectivity index (χ0) is 19.8. The van der Waals surface area contributed by atoms with Crippen LogP contribution in [0, 0.1) is 6.92 Å². The summed E-state index contributed by atoms with van der Waals surface area (Å²) in [6, 6.07) is 5.22. The van der Waals surface area contributed by atoms with Crippen LogP contribution in [0.25, 0.3) is 0 Å². The van der Waals surface area contributed by atoms with Crippen molar-refractivity contribution < 1.29 is 17.7 Å². The summed E-state index contributed by atoms with van der Waals surface area (Å²) in [5.41, 5.74) is 1.29. The number of nitrogens with one attached hydrogen (secondary N) is 1. The van der Waals surface area contributed by atoms with Crippen molar-refractivity contribution in [3.8, 4) is 0 Å². The summed E-state index contributed by atoms with van der Waals surface area (Å²) in [6.07, 6.45) is 2.90. The van der Waals surface area contributed by atoms with Crippen LogP contribution in [0.2, 0.25) is 0 Å². The molecular formula is C20H31N4O3S+. The number of anilines is 1. The van der Waals surface area contributed by atoms with Crippen molar-refractivity contribution in [2.24, 2.45) is 0 Å². The Morgan fingerprint density at radius 3 is 2.32 bits per heavy atom. The smallest absolute Gasteiger partial charge is 0.279 e. The van der Waals surface area contributed by atoms with E-state index in [0.717, 1.165) is 68.6 Å². The fraction of sp³-hybridized carbons (Fsp3) is 0.650. The first-order valence-electron chi connectivity index (χ1n) is 10.4. The van der Waals surface area contributed by atoms with Gasteiger partial charge in [0.15, 0.2) is 6.54 Å².